The third-order valence-electron chi connectivity index (χ3n) is 2.75. The second-order valence-corrected chi connectivity index (χ2v) is 6.66. The van der Waals surface area contributed by atoms with Crippen LogP contribution in [-0.2, 0) is 12.0 Å². The van der Waals surface area contributed by atoms with E-state index in [0.717, 1.165) is 15.6 Å². The maximum atomic E-state index is 13.2. The van der Waals surface area contributed by atoms with Crippen LogP contribution < -0.4 is 5.32 Å². The molecule has 1 N–H and O–H groups in total. The Morgan fingerprint density at radius 3 is 2.75 bits per heavy atom. The van der Waals surface area contributed by atoms with Crippen LogP contribution in [0.1, 0.15) is 36.2 Å². The number of hydrogen-bond acceptors (Lipinski definition) is 4. The number of hydrogen-bond donors (Lipinski definition) is 1. The van der Waals surface area contributed by atoms with Gasteiger partial charge >= 0.3 is 0 Å². The number of nitriles is 1. The molecule has 104 valence electrons. The summed E-state index contributed by atoms with van der Waals surface area (Å²) in [6.45, 7) is 7.00. The van der Waals surface area contributed by atoms with Gasteiger partial charge in [-0.25, -0.2) is 9.37 Å². The van der Waals surface area contributed by atoms with E-state index in [0.29, 0.717) is 6.54 Å². The molecule has 2 aromatic rings. The summed E-state index contributed by atoms with van der Waals surface area (Å²) in [5.41, 5.74) is 0.829. The number of aromatic nitrogens is 1. The number of halogens is 1. The zero-order chi connectivity index (χ0) is 14.8. The Kier molecular flexibility index (Phi) is 4.05. The molecule has 0 aliphatic rings. The van der Waals surface area contributed by atoms with Crippen molar-refractivity contribution in [2.75, 3.05) is 5.32 Å². The van der Waals surface area contributed by atoms with Crippen LogP contribution in [0.5, 0.6) is 0 Å². The zero-order valence-electron chi connectivity index (χ0n) is 11.7. The maximum absolute atomic E-state index is 13.2. The summed E-state index contributed by atoms with van der Waals surface area (Å²) >= 11 is 1.66. The van der Waals surface area contributed by atoms with Crippen molar-refractivity contribution in [3.8, 4) is 6.07 Å². The van der Waals surface area contributed by atoms with Crippen LogP contribution in [-0.4, -0.2) is 4.98 Å². The molecule has 0 fully saturated rings. The Hall–Kier alpha value is -1.93. The number of nitrogens with zero attached hydrogens (tertiary/aromatic N) is 2. The lowest BCUT2D eigenvalue weighted by molar-refractivity contribution is 0.585. The molecule has 0 bridgehead atoms. The first-order valence-electron chi connectivity index (χ1n) is 6.29. The minimum atomic E-state index is -0.495. The standard InChI is InChI=1S/C15H16FN3S/c1-15(2,3)14-19-9-12(20-14)8-18-11-4-5-13(16)10(6-11)7-17/h4-6,9,18H,8H2,1-3H3. The maximum Gasteiger partial charge on any atom is 0.141 e. The summed E-state index contributed by atoms with van der Waals surface area (Å²) in [6.07, 6.45) is 1.85. The zero-order valence-corrected chi connectivity index (χ0v) is 12.5. The van der Waals surface area contributed by atoms with E-state index in [1.54, 1.807) is 17.4 Å². The van der Waals surface area contributed by atoms with E-state index in [1.807, 2.05) is 12.3 Å². The van der Waals surface area contributed by atoms with Crippen molar-refractivity contribution in [2.45, 2.75) is 32.7 Å². The molecule has 0 unspecified atom stereocenters. The SMILES string of the molecule is CC(C)(C)c1ncc(CNc2ccc(F)c(C#N)c2)s1. The predicted molar refractivity (Wildman–Crippen MR) is 79.3 cm³/mol. The second-order valence-electron chi connectivity index (χ2n) is 5.54. The minimum absolute atomic E-state index is 0.0484. The number of anilines is 1. The number of nitrogens with one attached hydrogen (secondary N) is 1. The fraction of sp³-hybridized carbons (Fsp3) is 0.333. The molecular weight excluding hydrogens is 273 g/mol. The quantitative estimate of drug-likeness (QED) is 0.926. The van der Waals surface area contributed by atoms with Crippen LogP contribution >= 0.6 is 11.3 Å². The van der Waals surface area contributed by atoms with Gasteiger partial charge in [-0.2, -0.15) is 5.26 Å². The van der Waals surface area contributed by atoms with Crippen molar-refractivity contribution in [2.24, 2.45) is 0 Å². The van der Waals surface area contributed by atoms with Crippen LogP contribution in [0.3, 0.4) is 0 Å². The highest BCUT2D eigenvalue weighted by Crippen LogP contribution is 2.27. The summed E-state index contributed by atoms with van der Waals surface area (Å²) in [7, 11) is 0. The van der Waals surface area contributed by atoms with Crippen molar-refractivity contribution in [1.82, 2.24) is 4.98 Å². The molecule has 2 rings (SSSR count). The molecule has 1 heterocycles. The third kappa shape index (κ3) is 3.34. The molecule has 3 nitrogen and oxygen atoms in total. The van der Waals surface area contributed by atoms with Crippen molar-refractivity contribution in [3.63, 3.8) is 0 Å². The Morgan fingerprint density at radius 2 is 2.15 bits per heavy atom. The van der Waals surface area contributed by atoms with Gasteiger partial charge in [0.2, 0.25) is 0 Å². The normalized spacial score (nSPS) is 11.2. The fourth-order valence-electron chi connectivity index (χ4n) is 1.65. The lowest BCUT2D eigenvalue weighted by atomic mass is 9.98. The van der Waals surface area contributed by atoms with Crippen molar-refractivity contribution in [3.05, 3.63) is 45.7 Å². The number of thiazole rings is 1. The predicted octanol–water partition coefficient (Wildman–Crippen LogP) is 4.06. The number of rotatable bonds is 3. The topological polar surface area (TPSA) is 48.7 Å². The van der Waals surface area contributed by atoms with E-state index in [4.69, 9.17) is 5.26 Å². The average Bonchev–Trinajstić information content (AvgIpc) is 2.86. The van der Waals surface area contributed by atoms with Gasteiger partial charge in [-0.05, 0) is 18.2 Å². The molecule has 0 amide bonds. The fourth-order valence-corrected chi connectivity index (χ4v) is 2.56. The lowest BCUT2D eigenvalue weighted by Gasteiger charge is -2.13. The Morgan fingerprint density at radius 1 is 1.40 bits per heavy atom. The monoisotopic (exact) mass is 289 g/mol. The minimum Gasteiger partial charge on any atom is -0.380 e. The molecule has 1 aromatic heterocycles. The summed E-state index contributed by atoms with van der Waals surface area (Å²) < 4.78 is 13.2. The van der Waals surface area contributed by atoms with Crippen LogP contribution in [0.2, 0.25) is 0 Å². The van der Waals surface area contributed by atoms with E-state index in [2.05, 4.69) is 31.1 Å². The van der Waals surface area contributed by atoms with Crippen LogP contribution in [0.4, 0.5) is 10.1 Å². The van der Waals surface area contributed by atoms with E-state index in [9.17, 15) is 4.39 Å². The first-order chi connectivity index (χ1) is 9.40. The van der Waals surface area contributed by atoms with E-state index in [-0.39, 0.29) is 11.0 Å². The molecule has 0 aliphatic carbocycles. The highest BCUT2D eigenvalue weighted by molar-refractivity contribution is 7.11. The smallest absolute Gasteiger partial charge is 0.141 e. The van der Waals surface area contributed by atoms with Gasteiger partial charge in [0.1, 0.15) is 11.9 Å². The largest absolute Gasteiger partial charge is 0.380 e. The summed E-state index contributed by atoms with van der Waals surface area (Å²) in [5.74, 6) is -0.495. The first kappa shape index (κ1) is 14.5. The van der Waals surface area contributed by atoms with Gasteiger partial charge in [0.05, 0.1) is 17.1 Å². The first-order valence-corrected chi connectivity index (χ1v) is 7.10. The molecule has 1 aromatic carbocycles. The van der Waals surface area contributed by atoms with Crippen molar-refractivity contribution >= 4 is 17.0 Å². The molecule has 0 aliphatic heterocycles. The molecule has 20 heavy (non-hydrogen) atoms. The van der Waals surface area contributed by atoms with Crippen LogP contribution in [0, 0.1) is 17.1 Å². The van der Waals surface area contributed by atoms with E-state index >= 15 is 0 Å². The summed E-state index contributed by atoms with van der Waals surface area (Å²) in [6, 6.07) is 6.27. The summed E-state index contributed by atoms with van der Waals surface area (Å²) in [5, 5.41) is 13.1. The average molecular weight is 289 g/mol. The lowest BCUT2D eigenvalue weighted by Crippen LogP contribution is -2.09. The van der Waals surface area contributed by atoms with E-state index in [1.165, 1.54) is 12.1 Å². The van der Waals surface area contributed by atoms with Gasteiger partial charge in [0, 0.05) is 22.2 Å². The van der Waals surface area contributed by atoms with Crippen LogP contribution in [0.15, 0.2) is 24.4 Å². The molecule has 5 heteroatoms. The molecular formula is C15H16FN3S. The molecule has 0 saturated carbocycles. The Balaban J connectivity index is 2.06. The van der Waals surface area contributed by atoms with Crippen LogP contribution in [0.25, 0.3) is 0 Å². The summed E-state index contributed by atoms with van der Waals surface area (Å²) in [4.78, 5) is 5.52. The van der Waals surface area contributed by atoms with Gasteiger partial charge in [0.25, 0.3) is 0 Å². The van der Waals surface area contributed by atoms with Gasteiger partial charge in [0.15, 0.2) is 0 Å². The molecule has 0 saturated heterocycles. The van der Waals surface area contributed by atoms with Gasteiger partial charge < -0.3 is 5.32 Å². The Bertz CT molecular complexity index is 650. The molecule has 0 atom stereocenters. The van der Waals surface area contributed by atoms with Crippen molar-refractivity contribution in [1.29, 1.82) is 5.26 Å². The van der Waals surface area contributed by atoms with Gasteiger partial charge in [-0.15, -0.1) is 11.3 Å². The van der Waals surface area contributed by atoms with E-state index < -0.39 is 5.82 Å². The third-order valence-corrected chi connectivity index (χ3v) is 4.17. The number of benzene rings is 1. The Labute approximate surface area is 122 Å². The highest BCUT2D eigenvalue weighted by atomic mass is 32.1. The molecule has 0 spiro atoms. The van der Waals surface area contributed by atoms with Crippen molar-refractivity contribution < 1.29 is 4.39 Å². The van der Waals surface area contributed by atoms with Gasteiger partial charge in [-0.3, -0.25) is 0 Å². The molecule has 0 radical (unpaired) electrons. The van der Waals surface area contributed by atoms with Gasteiger partial charge in [-0.1, -0.05) is 20.8 Å². The highest BCUT2D eigenvalue weighted by Gasteiger charge is 2.17. The second kappa shape index (κ2) is 5.59.